The lowest BCUT2D eigenvalue weighted by atomic mass is 10.1. The van der Waals surface area contributed by atoms with E-state index in [-0.39, 0.29) is 30.6 Å². The summed E-state index contributed by atoms with van der Waals surface area (Å²) in [5.74, 6) is -0.822. The molecule has 1 saturated carbocycles. The molecule has 2 N–H and O–H groups in total. The normalized spacial score (nSPS) is 19.3. The van der Waals surface area contributed by atoms with E-state index in [4.69, 9.17) is 5.11 Å². The van der Waals surface area contributed by atoms with Crippen molar-refractivity contribution in [3.05, 3.63) is 71.8 Å². The van der Waals surface area contributed by atoms with Crippen molar-refractivity contribution in [2.45, 2.75) is 25.2 Å². The van der Waals surface area contributed by atoms with Crippen LogP contribution in [0.1, 0.15) is 36.3 Å². The molecule has 1 aliphatic carbocycles. The molecule has 1 fully saturated rings. The van der Waals surface area contributed by atoms with Crippen molar-refractivity contribution in [2.24, 2.45) is 11.0 Å². The molecule has 0 aliphatic heterocycles. The first-order valence-corrected chi connectivity index (χ1v) is 8.33. The van der Waals surface area contributed by atoms with Gasteiger partial charge in [0.2, 0.25) is 5.91 Å². The van der Waals surface area contributed by atoms with E-state index in [1.807, 2.05) is 60.7 Å². The number of amides is 1. The lowest BCUT2D eigenvalue weighted by molar-refractivity contribution is -0.136. The van der Waals surface area contributed by atoms with Gasteiger partial charge in [-0.3, -0.25) is 9.59 Å². The average molecular weight is 336 g/mol. The summed E-state index contributed by atoms with van der Waals surface area (Å²) < 4.78 is 0. The van der Waals surface area contributed by atoms with E-state index < -0.39 is 5.97 Å². The molecule has 0 spiro atoms. The van der Waals surface area contributed by atoms with E-state index in [1.165, 1.54) is 5.56 Å². The summed E-state index contributed by atoms with van der Waals surface area (Å²) in [6.07, 6.45) is 1.06. The van der Waals surface area contributed by atoms with Crippen LogP contribution < -0.4 is 5.43 Å². The molecular formula is C20H20N2O3. The van der Waals surface area contributed by atoms with Crippen molar-refractivity contribution >= 4 is 17.6 Å². The molecule has 1 aliphatic rings. The fraction of sp³-hybridized carbons (Fsp3) is 0.250. The van der Waals surface area contributed by atoms with Crippen LogP contribution in [0.3, 0.4) is 0 Å². The predicted molar refractivity (Wildman–Crippen MR) is 95.3 cm³/mol. The number of hydrogen-bond donors (Lipinski definition) is 2. The number of carbonyl (C=O) groups is 2. The lowest BCUT2D eigenvalue weighted by Gasteiger charge is -2.06. The Bertz CT molecular complexity index is 772. The molecular weight excluding hydrogens is 316 g/mol. The van der Waals surface area contributed by atoms with Crippen LogP contribution >= 0.6 is 0 Å². The molecule has 2 unspecified atom stereocenters. The third kappa shape index (κ3) is 4.53. The van der Waals surface area contributed by atoms with Crippen LogP contribution in [0.2, 0.25) is 0 Å². The minimum absolute atomic E-state index is 0.0281. The highest BCUT2D eigenvalue weighted by atomic mass is 16.4. The smallest absolute Gasteiger partial charge is 0.303 e. The van der Waals surface area contributed by atoms with Crippen molar-refractivity contribution in [2.75, 3.05) is 0 Å². The largest absolute Gasteiger partial charge is 0.481 e. The van der Waals surface area contributed by atoms with E-state index in [1.54, 1.807) is 0 Å². The Morgan fingerprint density at radius 1 is 1.00 bits per heavy atom. The first kappa shape index (κ1) is 16.9. The van der Waals surface area contributed by atoms with Crippen molar-refractivity contribution < 1.29 is 14.7 Å². The highest BCUT2D eigenvalue weighted by Crippen LogP contribution is 2.47. The number of nitrogens with one attached hydrogen (secondary N) is 1. The van der Waals surface area contributed by atoms with Crippen LogP contribution in [0.5, 0.6) is 0 Å². The maximum absolute atomic E-state index is 12.3. The van der Waals surface area contributed by atoms with Gasteiger partial charge in [-0.25, -0.2) is 5.43 Å². The van der Waals surface area contributed by atoms with Crippen LogP contribution in [-0.2, 0) is 9.59 Å². The molecule has 0 aromatic heterocycles. The fourth-order valence-electron chi connectivity index (χ4n) is 2.88. The summed E-state index contributed by atoms with van der Waals surface area (Å²) in [5.41, 5.74) is 5.19. The van der Waals surface area contributed by atoms with Crippen molar-refractivity contribution in [1.82, 2.24) is 5.43 Å². The Morgan fingerprint density at radius 3 is 2.28 bits per heavy atom. The van der Waals surface area contributed by atoms with Crippen molar-refractivity contribution in [3.8, 4) is 0 Å². The van der Waals surface area contributed by atoms with Gasteiger partial charge in [0.25, 0.3) is 0 Å². The summed E-state index contributed by atoms with van der Waals surface area (Å²) >= 11 is 0. The molecule has 3 rings (SSSR count). The summed E-state index contributed by atoms with van der Waals surface area (Å²) in [4.78, 5) is 23.2. The zero-order chi connectivity index (χ0) is 17.6. The Balaban J connectivity index is 1.65. The van der Waals surface area contributed by atoms with Crippen LogP contribution in [0.4, 0.5) is 0 Å². The minimum atomic E-state index is -0.888. The molecule has 5 nitrogen and oxygen atoms in total. The fourth-order valence-corrected chi connectivity index (χ4v) is 2.88. The predicted octanol–water partition coefficient (Wildman–Crippen LogP) is 3.18. The van der Waals surface area contributed by atoms with E-state index >= 15 is 0 Å². The number of rotatable bonds is 7. The summed E-state index contributed by atoms with van der Waals surface area (Å²) in [5, 5.41) is 13.1. The average Bonchev–Trinajstić information content (AvgIpc) is 3.44. The molecule has 0 saturated heterocycles. The maximum Gasteiger partial charge on any atom is 0.303 e. The summed E-state index contributed by atoms with van der Waals surface area (Å²) in [6.45, 7) is 0. The molecule has 25 heavy (non-hydrogen) atoms. The minimum Gasteiger partial charge on any atom is -0.481 e. The van der Waals surface area contributed by atoms with Crippen molar-refractivity contribution in [3.63, 3.8) is 0 Å². The third-order valence-electron chi connectivity index (χ3n) is 4.34. The Labute approximate surface area is 146 Å². The molecule has 0 bridgehead atoms. The number of hydrazone groups is 1. The first-order chi connectivity index (χ1) is 12.1. The third-order valence-corrected chi connectivity index (χ3v) is 4.34. The van der Waals surface area contributed by atoms with Crippen LogP contribution in [-0.4, -0.2) is 22.7 Å². The van der Waals surface area contributed by atoms with Crippen LogP contribution in [0.25, 0.3) is 0 Å². The van der Waals surface area contributed by atoms with E-state index in [0.717, 1.165) is 12.0 Å². The Kier molecular flexibility index (Phi) is 5.23. The van der Waals surface area contributed by atoms with Gasteiger partial charge >= 0.3 is 5.97 Å². The zero-order valence-corrected chi connectivity index (χ0v) is 13.8. The summed E-state index contributed by atoms with van der Waals surface area (Å²) in [7, 11) is 0. The van der Waals surface area contributed by atoms with Gasteiger partial charge in [-0.15, -0.1) is 0 Å². The van der Waals surface area contributed by atoms with E-state index in [2.05, 4.69) is 10.5 Å². The number of aliphatic carboxylic acids is 1. The molecule has 0 radical (unpaired) electrons. The van der Waals surface area contributed by atoms with Gasteiger partial charge in [0.1, 0.15) is 0 Å². The highest BCUT2D eigenvalue weighted by Gasteiger charge is 2.43. The maximum atomic E-state index is 12.3. The number of carboxylic acids is 1. The molecule has 5 heteroatoms. The second kappa shape index (κ2) is 7.75. The Hall–Kier alpha value is -2.95. The highest BCUT2D eigenvalue weighted by molar-refractivity contribution is 6.02. The molecule has 2 aromatic carbocycles. The first-order valence-electron chi connectivity index (χ1n) is 8.33. The van der Waals surface area contributed by atoms with Crippen LogP contribution in [0.15, 0.2) is 65.8 Å². The van der Waals surface area contributed by atoms with Gasteiger partial charge in [-0.05, 0) is 23.5 Å². The molecule has 2 atom stereocenters. The zero-order valence-electron chi connectivity index (χ0n) is 13.8. The number of carbonyl (C=O) groups excluding carboxylic acids is 1. The number of nitrogens with zero attached hydrogens (tertiary/aromatic N) is 1. The summed E-state index contributed by atoms with van der Waals surface area (Å²) in [6, 6.07) is 19.3. The molecule has 2 aromatic rings. The second-order valence-corrected chi connectivity index (χ2v) is 6.15. The SMILES string of the molecule is O=C(O)CC/C(=N\NC(=O)C1CC1c1ccccc1)c1ccccc1. The number of benzene rings is 2. The van der Waals surface area contributed by atoms with Gasteiger partial charge in [0, 0.05) is 12.3 Å². The van der Waals surface area contributed by atoms with E-state index in [9.17, 15) is 9.59 Å². The molecule has 1 amide bonds. The molecule has 0 heterocycles. The topological polar surface area (TPSA) is 78.8 Å². The standard InChI is InChI=1S/C20H20N2O3/c23-19(24)12-11-18(15-9-5-2-6-10-15)21-22-20(25)17-13-16(17)14-7-3-1-4-8-14/h1-10,16-17H,11-13H2,(H,22,25)(H,23,24)/b21-18+. The van der Waals surface area contributed by atoms with Gasteiger partial charge in [0.15, 0.2) is 0 Å². The number of carboxylic acid groups (broad SMARTS) is 1. The van der Waals surface area contributed by atoms with Crippen LogP contribution in [0, 0.1) is 5.92 Å². The second-order valence-electron chi connectivity index (χ2n) is 6.15. The van der Waals surface area contributed by atoms with Gasteiger partial charge < -0.3 is 5.11 Å². The van der Waals surface area contributed by atoms with Crippen molar-refractivity contribution in [1.29, 1.82) is 0 Å². The van der Waals surface area contributed by atoms with E-state index in [0.29, 0.717) is 5.71 Å². The monoisotopic (exact) mass is 336 g/mol. The van der Waals surface area contributed by atoms with Gasteiger partial charge in [0.05, 0.1) is 12.1 Å². The Morgan fingerprint density at radius 2 is 1.64 bits per heavy atom. The quantitative estimate of drug-likeness (QED) is 0.602. The lowest BCUT2D eigenvalue weighted by Crippen LogP contribution is -2.22. The van der Waals surface area contributed by atoms with Gasteiger partial charge in [-0.1, -0.05) is 60.7 Å². The molecule has 128 valence electrons. The van der Waals surface area contributed by atoms with Gasteiger partial charge in [-0.2, -0.15) is 5.10 Å². The number of hydrogen-bond acceptors (Lipinski definition) is 3.